The molecule has 82 heavy (non-hydrogen) atoms. The highest BCUT2D eigenvalue weighted by molar-refractivity contribution is 5.76. The molecular weight excluding hydrogens is 1060 g/mol. The Labute approximate surface area is 488 Å². The van der Waals surface area contributed by atoms with Crippen molar-refractivity contribution in [3.05, 3.63) is 97.2 Å². The summed E-state index contributed by atoms with van der Waals surface area (Å²) in [6, 6.07) is -0.894. The summed E-state index contributed by atoms with van der Waals surface area (Å²) in [5.41, 5.74) is 0. The van der Waals surface area contributed by atoms with Crippen LogP contribution in [0.1, 0.15) is 162 Å². The lowest BCUT2D eigenvalue weighted by Crippen LogP contribution is -2.66. The number of hydrogen-bond donors (Lipinski definition) is 12. The molecule has 470 valence electrons. The minimum Gasteiger partial charge on any atom is -0.394 e. The van der Waals surface area contributed by atoms with Crippen LogP contribution in [0.15, 0.2) is 97.2 Å². The molecule has 19 heteroatoms. The molecule has 17 unspecified atom stereocenters. The van der Waals surface area contributed by atoms with Crippen LogP contribution in [0.25, 0.3) is 0 Å². The Morgan fingerprint density at radius 3 is 1.30 bits per heavy atom. The number of rotatable bonds is 43. The van der Waals surface area contributed by atoms with Gasteiger partial charge in [-0.2, -0.15) is 0 Å². The maximum absolute atomic E-state index is 13.2. The molecule has 3 rings (SSSR count). The number of aliphatic hydroxyl groups is 11. The molecule has 0 aliphatic carbocycles. The highest BCUT2D eigenvalue weighted by Gasteiger charge is 2.53. The molecule has 3 aliphatic rings. The highest BCUT2D eigenvalue weighted by atomic mass is 16.8. The monoisotopic (exact) mass is 1160 g/mol. The van der Waals surface area contributed by atoms with Gasteiger partial charge in [-0.15, -0.1) is 0 Å². The lowest BCUT2D eigenvalue weighted by molar-refractivity contribution is -0.379. The summed E-state index contributed by atoms with van der Waals surface area (Å²) in [6.45, 7) is 1.49. The molecule has 0 aromatic rings. The Morgan fingerprint density at radius 1 is 0.451 bits per heavy atom. The second-order valence-corrected chi connectivity index (χ2v) is 21.4. The van der Waals surface area contributed by atoms with Crippen molar-refractivity contribution < 1.29 is 89.4 Å². The first-order chi connectivity index (χ1) is 39.8. The number of carbonyl (C=O) groups excluding carboxylic acids is 1. The van der Waals surface area contributed by atoms with Crippen molar-refractivity contribution in [2.45, 2.75) is 266 Å². The Balaban J connectivity index is 1.31. The number of unbranched alkanes of at least 4 members (excludes halogenated alkanes) is 11. The summed E-state index contributed by atoms with van der Waals surface area (Å²) in [5.74, 6) is -0.267. The number of amides is 1. The quantitative estimate of drug-likeness (QED) is 0.0255. The molecule has 3 heterocycles. The van der Waals surface area contributed by atoms with Gasteiger partial charge < -0.3 is 89.9 Å². The molecule has 17 atom stereocenters. The van der Waals surface area contributed by atoms with E-state index in [0.29, 0.717) is 19.3 Å². The smallest absolute Gasteiger partial charge is 0.220 e. The molecule has 3 saturated heterocycles. The lowest BCUT2D eigenvalue weighted by Gasteiger charge is -2.48. The number of allylic oxidation sites excluding steroid dienone is 16. The predicted molar refractivity (Wildman–Crippen MR) is 314 cm³/mol. The van der Waals surface area contributed by atoms with E-state index in [1.807, 2.05) is 0 Å². The van der Waals surface area contributed by atoms with E-state index in [2.05, 4.69) is 116 Å². The van der Waals surface area contributed by atoms with Crippen LogP contribution >= 0.6 is 0 Å². The Kier molecular flexibility index (Phi) is 40.1. The second kappa shape index (κ2) is 45.1. The van der Waals surface area contributed by atoms with Gasteiger partial charge in [0.05, 0.1) is 38.6 Å². The maximum atomic E-state index is 13.2. The van der Waals surface area contributed by atoms with Gasteiger partial charge in [0.15, 0.2) is 18.9 Å². The molecule has 19 nitrogen and oxygen atoms in total. The van der Waals surface area contributed by atoms with Gasteiger partial charge in [0.25, 0.3) is 0 Å². The van der Waals surface area contributed by atoms with Crippen molar-refractivity contribution in [1.82, 2.24) is 5.32 Å². The van der Waals surface area contributed by atoms with Crippen LogP contribution < -0.4 is 5.32 Å². The molecular formula is C63H105NO18. The van der Waals surface area contributed by atoms with Crippen LogP contribution in [-0.2, 0) is 33.2 Å². The molecule has 0 aromatic heterocycles. The second-order valence-electron chi connectivity index (χ2n) is 21.4. The van der Waals surface area contributed by atoms with E-state index in [4.69, 9.17) is 28.4 Å². The predicted octanol–water partition coefficient (Wildman–Crippen LogP) is 5.76. The molecule has 0 aromatic carbocycles. The number of carbonyl (C=O) groups is 1. The Hall–Kier alpha value is -3.29. The van der Waals surface area contributed by atoms with Gasteiger partial charge in [-0.1, -0.05) is 175 Å². The molecule has 3 fully saturated rings. The van der Waals surface area contributed by atoms with Crippen LogP contribution in [0.3, 0.4) is 0 Å². The first-order valence-electron chi connectivity index (χ1n) is 30.5. The Morgan fingerprint density at radius 2 is 0.841 bits per heavy atom. The standard InChI is InChI=1S/C63H105NO18/c1-3-5-7-9-10-11-12-13-14-15-16-17-18-19-20-21-22-23-24-25-26-27-28-29-30-31-32-33-34-35-36-37-39-41-51(69)64-46(47(68)40-38-8-6-4-2)45-77-61-57(75)54(72)59(49(43-66)79-61)82-63-58(76)55(73)60(50(44-67)80-63)81-62-56(74)53(71)52(70)48(42-65)78-62/h5,7,10-11,13-14,16-17,19-20,22-23,25-26,28-29,46-50,52-63,65-68,70-76H,3-4,6,8-9,12,15,18,21,24,27,30-45H2,1-2H3,(H,64,69)/b7-5-,11-10-,14-13-,17-16-,20-19-,23-22-,26-25-,29-28-. The maximum Gasteiger partial charge on any atom is 0.220 e. The van der Waals surface area contributed by atoms with Crippen LogP contribution in [0.2, 0.25) is 0 Å². The van der Waals surface area contributed by atoms with Crippen LogP contribution in [0.5, 0.6) is 0 Å². The van der Waals surface area contributed by atoms with Crippen molar-refractivity contribution in [1.29, 1.82) is 0 Å². The van der Waals surface area contributed by atoms with E-state index in [0.717, 1.165) is 109 Å². The molecule has 0 spiro atoms. The fraction of sp³-hybridized carbons (Fsp3) is 0.730. The third-order valence-electron chi connectivity index (χ3n) is 14.7. The largest absolute Gasteiger partial charge is 0.394 e. The van der Waals surface area contributed by atoms with Gasteiger partial charge in [0, 0.05) is 6.42 Å². The lowest BCUT2D eigenvalue weighted by atomic mass is 9.96. The molecule has 0 saturated carbocycles. The van der Waals surface area contributed by atoms with Crippen molar-refractivity contribution in [3.8, 4) is 0 Å². The number of hydrogen-bond acceptors (Lipinski definition) is 18. The van der Waals surface area contributed by atoms with Gasteiger partial charge in [0.2, 0.25) is 5.91 Å². The van der Waals surface area contributed by atoms with E-state index in [9.17, 15) is 61.0 Å². The van der Waals surface area contributed by atoms with Gasteiger partial charge >= 0.3 is 0 Å². The van der Waals surface area contributed by atoms with Gasteiger partial charge in [-0.3, -0.25) is 4.79 Å². The van der Waals surface area contributed by atoms with Crippen LogP contribution in [0, 0.1) is 0 Å². The van der Waals surface area contributed by atoms with E-state index >= 15 is 0 Å². The summed E-state index contributed by atoms with van der Waals surface area (Å²) in [4.78, 5) is 13.2. The average Bonchev–Trinajstić information content (AvgIpc) is 3.49. The van der Waals surface area contributed by atoms with Crippen molar-refractivity contribution >= 4 is 5.91 Å². The van der Waals surface area contributed by atoms with Gasteiger partial charge in [-0.25, -0.2) is 0 Å². The molecule has 12 N–H and O–H groups in total. The summed E-state index contributed by atoms with van der Waals surface area (Å²) < 4.78 is 34.1. The minimum absolute atomic E-state index is 0.248. The summed E-state index contributed by atoms with van der Waals surface area (Å²) in [5, 5.41) is 119. The summed E-state index contributed by atoms with van der Waals surface area (Å²) in [6.07, 6.45) is 30.3. The van der Waals surface area contributed by atoms with Crippen LogP contribution in [-0.4, -0.2) is 193 Å². The van der Waals surface area contributed by atoms with E-state index in [-0.39, 0.29) is 18.9 Å². The molecule has 1 amide bonds. The van der Waals surface area contributed by atoms with Gasteiger partial charge in [0.1, 0.15) is 73.2 Å². The normalized spacial score (nSPS) is 30.3. The fourth-order valence-corrected chi connectivity index (χ4v) is 9.68. The van der Waals surface area contributed by atoms with Crippen molar-refractivity contribution in [2.75, 3.05) is 26.4 Å². The first-order valence-corrected chi connectivity index (χ1v) is 30.5. The van der Waals surface area contributed by atoms with Gasteiger partial charge in [-0.05, 0) is 77.0 Å². The third-order valence-corrected chi connectivity index (χ3v) is 14.7. The van der Waals surface area contributed by atoms with E-state index < -0.39 is 124 Å². The first kappa shape index (κ1) is 73.0. The Bertz CT molecular complexity index is 1870. The number of aliphatic hydroxyl groups excluding tert-OH is 11. The zero-order valence-corrected chi connectivity index (χ0v) is 48.9. The topological polar surface area (TPSA) is 307 Å². The minimum atomic E-state index is -1.97. The van der Waals surface area contributed by atoms with E-state index in [1.54, 1.807) is 0 Å². The third kappa shape index (κ3) is 28.3. The molecule has 0 radical (unpaired) electrons. The molecule has 3 aliphatic heterocycles. The van der Waals surface area contributed by atoms with Crippen molar-refractivity contribution in [3.63, 3.8) is 0 Å². The van der Waals surface area contributed by atoms with E-state index in [1.165, 1.54) is 12.8 Å². The summed E-state index contributed by atoms with van der Waals surface area (Å²) in [7, 11) is 0. The fourth-order valence-electron chi connectivity index (χ4n) is 9.68. The zero-order chi connectivity index (χ0) is 59.7. The number of nitrogens with one attached hydrogen (secondary N) is 1. The highest BCUT2D eigenvalue weighted by Crippen LogP contribution is 2.33. The zero-order valence-electron chi connectivity index (χ0n) is 48.9. The number of ether oxygens (including phenoxy) is 6. The SMILES string of the molecule is CC/C=C\C/C=C\C/C=C\C/C=C\C/C=C\C/C=C\C/C=C\C/C=C\CCCCCCCCCCC(=O)NC(COC1OC(CO)C(OC2OC(CO)C(OC3OC(CO)C(O)C(O)C3O)C(O)C2O)C(O)C1O)C(O)CCCCCC. The average molecular weight is 1160 g/mol. The summed E-state index contributed by atoms with van der Waals surface area (Å²) >= 11 is 0. The van der Waals surface area contributed by atoms with Crippen molar-refractivity contribution in [2.24, 2.45) is 0 Å². The van der Waals surface area contributed by atoms with Crippen LogP contribution in [0.4, 0.5) is 0 Å². The molecule has 0 bridgehead atoms.